The van der Waals surface area contributed by atoms with Gasteiger partial charge in [-0.25, -0.2) is 0 Å². The topological polar surface area (TPSA) is 66.8 Å². The van der Waals surface area contributed by atoms with E-state index in [0.717, 1.165) is 4.90 Å². The summed E-state index contributed by atoms with van der Waals surface area (Å²) in [6.45, 7) is 7.72. The molecule has 1 amide bonds. The van der Waals surface area contributed by atoms with Crippen LogP contribution in [0.3, 0.4) is 0 Å². The van der Waals surface area contributed by atoms with E-state index in [1.54, 1.807) is 4.90 Å². The number of aliphatic carboxylic acids is 1. The van der Waals surface area contributed by atoms with E-state index in [4.69, 9.17) is 9.84 Å². The first-order valence-corrected chi connectivity index (χ1v) is 9.08. The first kappa shape index (κ1) is 18.8. The van der Waals surface area contributed by atoms with Crippen molar-refractivity contribution in [3.8, 4) is 0 Å². The van der Waals surface area contributed by atoms with Gasteiger partial charge in [-0.1, -0.05) is 32.9 Å². The molecule has 1 aliphatic rings. The Morgan fingerprint density at radius 1 is 1.29 bits per heavy atom. The number of nitrogens with zero attached hydrogens (tertiary/aromatic N) is 1. The molecule has 1 saturated heterocycles. The monoisotopic (exact) mass is 351 g/mol. The summed E-state index contributed by atoms with van der Waals surface area (Å²) >= 11 is 1.48. The number of carboxylic acids is 1. The van der Waals surface area contributed by atoms with Gasteiger partial charge in [0.15, 0.2) is 0 Å². The van der Waals surface area contributed by atoms with E-state index < -0.39 is 5.97 Å². The minimum absolute atomic E-state index is 0.0329. The van der Waals surface area contributed by atoms with Crippen LogP contribution < -0.4 is 0 Å². The molecule has 6 heteroatoms. The van der Waals surface area contributed by atoms with Crippen molar-refractivity contribution in [2.24, 2.45) is 0 Å². The normalized spacial score (nSPS) is 18.5. The summed E-state index contributed by atoms with van der Waals surface area (Å²) in [5.41, 5.74) is 1.37. The van der Waals surface area contributed by atoms with Gasteiger partial charge in [-0.2, -0.15) is 0 Å². The van der Waals surface area contributed by atoms with Crippen molar-refractivity contribution < 1.29 is 19.4 Å². The molecule has 1 aliphatic heterocycles. The molecule has 1 unspecified atom stereocenters. The number of amides is 1. The van der Waals surface area contributed by atoms with Crippen molar-refractivity contribution in [2.75, 3.05) is 25.5 Å². The molecule has 1 aromatic carbocycles. The van der Waals surface area contributed by atoms with Gasteiger partial charge in [-0.15, -0.1) is 11.8 Å². The van der Waals surface area contributed by atoms with E-state index in [0.29, 0.717) is 25.5 Å². The van der Waals surface area contributed by atoms with Crippen molar-refractivity contribution in [3.63, 3.8) is 0 Å². The number of hydrogen-bond donors (Lipinski definition) is 1. The molecule has 1 aromatic rings. The average molecular weight is 351 g/mol. The molecular weight excluding hydrogens is 326 g/mol. The first-order valence-electron chi connectivity index (χ1n) is 8.10. The van der Waals surface area contributed by atoms with Gasteiger partial charge >= 0.3 is 5.97 Å². The molecule has 0 radical (unpaired) electrons. The fraction of sp³-hybridized carbons (Fsp3) is 0.556. The summed E-state index contributed by atoms with van der Waals surface area (Å²) in [4.78, 5) is 26.1. The lowest BCUT2D eigenvalue weighted by Gasteiger charge is -2.34. The molecule has 0 aliphatic carbocycles. The second-order valence-corrected chi connectivity index (χ2v) is 8.03. The summed E-state index contributed by atoms with van der Waals surface area (Å²) in [5.74, 6) is -0.631. The highest BCUT2D eigenvalue weighted by Crippen LogP contribution is 2.26. The fourth-order valence-electron chi connectivity index (χ4n) is 2.63. The minimum Gasteiger partial charge on any atom is -0.481 e. The van der Waals surface area contributed by atoms with Crippen LogP contribution in [0.25, 0.3) is 0 Å². The summed E-state index contributed by atoms with van der Waals surface area (Å²) in [7, 11) is 0. The zero-order valence-electron chi connectivity index (χ0n) is 14.4. The summed E-state index contributed by atoms with van der Waals surface area (Å²) in [6, 6.07) is 7.88. The van der Waals surface area contributed by atoms with E-state index in [9.17, 15) is 9.59 Å². The highest BCUT2D eigenvalue weighted by Gasteiger charge is 2.28. The number of morpholine rings is 1. The van der Waals surface area contributed by atoms with Crippen molar-refractivity contribution in [3.05, 3.63) is 29.8 Å². The van der Waals surface area contributed by atoms with Crippen molar-refractivity contribution in [1.29, 1.82) is 0 Å². The summed E-state index contributed by atoms with van der Waals surface area (Å²) in [5, 5.41) is 8.97. The largest absolute Gasteiger partial charge is 0.481 e. The van der Waals surface area contributed by atoms with Gasteiger partial charge < -0.3 is 14.7 Å². The molecule has 24 heavy (non-hydrogen) atoms. The predicted molar refractivity (Wildman–Crippen MR) is 94.4 cm³/mol. The molecule has 1 heterocycles. The van der Waals surface area contributed by atoms with Crippen LogP contribution in [0.2, 0.25) is 0 Å². The zero-order valence-corrected chi connectivity index (χ0v) is 15.3. The highest BCUT2D eigenvalue weighted by atomic mass is 32.2. The van der Waals surface area contributed by atoms with E-state index in [1.807, 2.05) is 12.1 Å². The lowest BCUT2D eigenvalue weighted by atomic mass is 9.87. The van der Waals surface area contributed by atoms with Gasteiger partial charge in [-0.3, -0.25) is 9.59 Å². The molecule has 0 spiro atoms. The molecule has 0 aromatic heterocycles. The Hall–Kier alpha value is -1.53. The Morgan fingerprint density at radius 3 is 2.54 bits per heavy atom. The Balaban J connectivity index is 1.92. The second kappa shape index (κ2) is 8.03. The van der Waals surface area contributed by atoms with E-state index >= 15 is 0 Å². The van der Waals surface area contributed by atoms with Gasteiger partial charge in [0.05, 0.1) is 31.4 Å². The van der Waals surface area contributed by atoms with E-state index in [1.165, 1.54) is 17.3 Å². The Morgan fingerprint density at radius 2 is 1.96 bits per heavy atom. The van der Waals surface area contributed by atoms with Gasteiger partial charge in [-0.05, 0) is 23.1 Å². The van der Waals surface area contributed by atoms with Crippen LogP contribution >= 0.6 is 11.8 Å². The Bertz CT molecular complexity index is 580. The van der Waals surface area contributed by atoms with Gasteiger partial charge in [0.2, 0.25) is 5.91 Å². The van der Waals surface area contributed by atoms with Crippen LogP contribution in [0.15, 0.2) is 29.2 Å². The molecule has 1 fully saturated rings. The third kappa shape index (κ3) is 5.24. The lowest BCUT2D eigenvalue weighted by Crippen LogP contribution is -2.50. The number of thioether (sulfide) groups is 1. The number of hydrogen-bond acceptors (Lipinski definition) is 4. The minimum atomic E-state index is -0.909. The zero-order chi connectivity index (χ0) is 17.7. The number of carbonyl (C=O) groups is 2. The smallest absolute Gasteiger partial charge is 0.305 e. The first-order chi connectivity index (χ1) is 11.3. The predicted octanol–water partition coefficient (Wildman–Crippen LogP) is 2.78. The lowest BCUT2D eigenvalue weighted by molar-refractivity contribution is -0.144. The SMILES string of the molecule is CC(C)(C)c1ccc(SCC(=O)N2CCOCC2CC(=O)O)cc1. The van der Waals surface area contributed by atoms with E-state index in [2.05, 4.69) is 32.9 Å². The number of ether oxygens (including phenoxy) is 1. The van der Waals surface area contributed by atoms with Crippen LogP contribution in [0.4, 0.5) is 0 Å². The molecule has 0 saturated carbocycles. The van der Waals surface area contributed by atoms with Crippen LogP contribution in [0.5, 0.6) is 0 Å². The van der Waals surface area contributed by atoms with Crippen LogP contribution in [-0.2, 0) is 19.7 Å². The highest BCUT2D eigenvalue weighted by molar-refractivity contribution is 8.00. The molecule has 0 bridgehead atoms. The maximum atomic E-state index is 12.4. The Kier molecular flexibility index (Phi) is 6.29. The van der Waals surface area contributed by atoms with Gasteiger partial charge in [0.1, 0.15) is 0 Å². The number of carbonyl (C=O) groups excluding carboxylic acids is 1. The Labute approximate surface area is 147 Å². The number of benzene rings is 1. The molecule has 5 nitrogen and oxygen atoms in total. The van der Waals surface area contributed by atoms with Crippen molar-refractivity contribution in [1.82, 2.24) is 4.90 Å². The maximum Gasteiger partial charge on any atom is 0.305 e. The fourth-order valence-corrected chi connectivity index (χ4v) is 3.42. The third-order valence-corrected chi connectivity index (χ3v) is 5.04. The van der Waals surface area contributed by atoms with Crippen LogP contribution in [0.1, 0.15) is 32.8 Å². The standard InChI is InChI=1S/C18H25NO4S/c1-18(2,3)13-4-6-15(7-5-13)24-12-16(20)19-8-9-23-11-14(19)10-17(21)22/h4-7,14H,8-12H2,1-3H3,(H,21,22). The van der Waals surface area contributed by atoms with Crippen molar-refractivity contribution >= 4 is 23.6 Å². The van der Waals surface area contributed by atoms with Crippen LogP contribution in [-0.4, -0.2) is 53.4 Å². The molecule has 1 N–H and O–H groups in total. The second-order valence-electron chi connectivity index (χ2n) is 6.98. The molecule has 1 atom stereocenters. The van der Waals surface area contributed by atoms with Crippen LogP contribution in [0, 0.1) is 0 Å². The van der Waals surface area contributed by atoms with Crippen molar-refractivity contribution in [2.45, 2.75) is 43.5 Å². The average Bonchev–Trinajstić information content (AvgIpc) is 2.52. The molecule has 132 valence electrons. The molecule has 2 rings (SSSR count). The quantitative estimate of drug-likeness (QED) is 0.826. The molecular formula is C18H25NO4S. The third-order valence-electron chi connectivity index (χ3n) is 4.04. The van der Waals surface area contributed by atoms with Gasteiger partial charge in [0, 0.05) is 11.4 Å². The summed E-state index contributed by atoms with van der Waals surface area (Å²) < 4.78 is 5.31. The summed E-state index contributed by atoms with van der Waals surface area (Å²) in [6.07, 6.45) is -0.0727. The van der Waals surface area contributed by atoms with E-state index in [-0.39, 0.29) is 23.8 Å². The number of carboxylic acid groups (broad SMARTS) is 1. The number of rotatable bonds is 5. The maximum absolute atomic E-state index is 12.4. The van der Waals surface area contributed by atoms with Gasteiger partial charge in [0.25, 0.3) is 0 Å².